The Kier molecular flexibility index (Phi) is 4.30. The molecule has 104 valence electrons. The molecule has 0 saturated heterocycles. The third-order valence-electron chi connectivity index (χ3n) is 2.71. The van der Waals surface area contributed by atoms with Crippen LogP contribution in [0.25, 0.3) is 0 Å². The molecule has 2 aromatic rings. The van der Waals surface area contributed by atoms with E-state index in [2.05, 4.69) is 10.6 Å². The van der Waals surface area contributed by atoms with Crippen LogP contribution in [-0.4, -0.2) is 12.5 Å². The first-order chi connectivity index (χ1) is 9.60. The highest BCUT2D eigenvalue weighted by Gasteiger charge is 2.08. The smallest absolute Gasteiger partial charge is 0.255 e. The van der Waals surface area contributed by atoms with Crippen molar-refractivity contribution in [3.05, 3.63) is 59.7 Å². The monoisotopic (exact) mass is 276 g/mol. The van der Waals surface area contributed by atoms with E-state index in [1.807, 2.05) is 6.92 Å². The number of rotatable bonds is 4. The van der Waals surface area contributed by atoms with Crippen LogP contribution in [0.5, 0.6) is 0 Å². The molecule has 1 amide bonds. The van der Waals surface area contributed by atoms with Crippen LogP contribution in [0.2, 0.25) is 0 Å². The van der Waals surface area contributed by atoms with E-state index in [0.717, 1.165) is 24.4 Å². The summed E-state index contributed by atoms with van der Waals surface area (Å²) in [7, 11) is 0. The van der Waals surface area contributed by atoms with Gasteiger partial charge in [-0.15, -0.1) is 0 Å². The number of hydrogen-bond acceptors (Lipinski definition) is 2. The highest BCUT2D eigenvalue weighted by molar-refractivity contribution is 6.04. The molecule has 2 N–H and O–H groups in total. The molecule has 0 aliphatic heterocycles. The fourth-order valence-corrected chi connectivity index (χ4v) is 1.72. The van der Waals surface area contributed by atoms with Crippen molar-refractivity contribution in [1.82, 2.24) is 0 Å². The molecule has 0 aliphatic rings. The highest BCUT2D eigenvalue weighted by atomic mass is 19.2. The fourth-order valence-electron chi connectivity index (χ4n) is 1.72. The van der Waals surface area contributed by atoms with Crippen LogP contribution in [0.15, 0.2) is 42.5 Å². The SMILES string of the molecule is CCNc1ccc(C(=O)Nc2ccc(F)c(F)c2)cc1. The number of hydrogen-bond donors (Lipinski definition) is 2. The lowest BCUT2D eigenvalue weighted by Gasteiger charge is -2.07. The van der Waals surface area contributed by atoms with Crippen molar-refractivity contribution < 1.29 is 13.6 Å². The van der Waals surface area contributed by atoms with E-state index in [1.165, 1.54) is 6.07 Å². The number of halogens is 2. The molecule has 0 heterocycles. The summed E-state index contributed by atoms with van der Waals surface area (Å²) in [4.78, 5) is 11.9. The van der Waals surface area contributed by atoms with Crippen molar-refractivity contribution in [1.29, 1.82) is 0 Å². The van der Waals surface area contributed by atoms with Crippen molar-refractivity contribution in [2.75, 3.05) is 17.2 Å². The molecule has 2 aromatic carbocycles. The van der Waals surface area contributed by atoms with Crippen LogP contribution >= 0.6 is 0 Å². The average Bonchev–Trinajstić information content (AvgIpc) is 2.44. The van der Waals surface area contributed by atoms with Gasteiger partial charge < -0.3 is 10.6 Å². The third-order valence-corrected chi connectivity index (χ3v) is 2.71. The second-order valence-electron chi connectivity index (χ2n) is 4.19. The second-order valence-corrected chi connectivity index (χ2v) is 4.19. The molecule has 0 unspecified atom stereocenters. The summed E-state index contributed by atoms with van der Waals surface area (Å²) in [6, 6.07) is 10.1. The molecule has 0 aromatic heterocycles. The zero-order chi connectivity index (χ0) is 14.5. The van der Waals surface area contributed by atoms with Crippen molar-refractivity contribution in [3.8, 4) is 0 Å². The fraction of sp³-hybridized carbons (Fsp3) is 0.133. The van der Waals surface area contributed by atoms with Gasteiger partial charge in [0.25, 0.3) is 5.91 Å². The van der Waals surface area contributed by atoms with E-state index in [4.69, 9.17) is 0 Å². The molecule has 0 atom stereocenters. The lowest BCUT2D eigenvalue weighted by atomic mass is 10.2. The molecule has 0 aliphatic carbocycles. The molecule has 0 fully saturated rings. The standard InChI is InChI=1S/C15H14F2N2O/c1-2-18-11-5-3-10(4-6-11)15(20)19-12-7-8-13(16)14(17)9-12/h3-9,18H,2H2,1H3,(H,19,20). The number of carbonyl (C=O) groups excluding carboxylic acids is 1. The molecule has 20 heavy (non-hydrogen) atoms. The Balaban J connectivity index is 2.09. The quantitative estimate of drug-likeness (QED) is 0.895. The summed E-state index contributed by atoms with van der Waals surface area (Å²) in [5, 5.41) is 5.63. The van der Waals surface area contributed by atoms with Gasteiger partial charge in [-0.2, -0.15) is 0 Å². The van der Waals surface area contributed by atoms with Crippen molar-refractivity contribution in [2.45, 2.75) is 6.92 Å². The van der Waals surface area contributed by atoms with Gasteiger partial charge in [0.05, 0.1) is 0 Å². The van der Waals surface area contributed by atoms with Gasteiger partial charge in [0.2, 0.25) is 0 Å². The van der Waals surface area contributed by atoms with Gasteiger partial charge in [-0.3, -0.25) is 4.79 Å². The number of nitrogens with one attached hydrogen (secondary N) is 2. The minimum absolute atomic E-state index is 0.213. The van der Waals surface area contributed by atoms with Gasteiger partial charge in [-0.1, -0.05) is 0 Å². The minimum Gasteiger partial charge on any atom is -0.385 e. The van der Waals surface area contributed by atoms with Crippen LogP contribution in [0.4, 0.5) is 20.2 Å². The van der Waals surface area contributed by atoms with Crippen molar-refractivity contribution >= 4 is 17.3 Å². The Bertz CT molecular complexity index is 612. The van der Waals surface area contributed by atoms with Gasteiger partial charge in [0.15, 0.2) is 11.6 Å². The topological polar surface area (TPSA) is 41.1 Å². The van der Waals surface area contributed by atoms with Crippen LogP contribution in [0.1, 0.15) is 17.3 Å². The first-order valence-corrected chi connectivity index (χ1v) is 6.20. The number of anilines is 2. The summed E-state index contributed by atoms with van der Waals surface area (Å²) in [6.07, 6.45) is 0. The zero-order valence-electron chi connectivity index (χ0n) is 10.9. The maximum absolute atomic E-state index is 13.0. The molecular weight excluding hydrogens is 262 g/mol. The van der Waals surface area contributed by atoms with Gasteiger partial charge in [0.1, 0.15) is 0 Å². The van der Waals surface area contributed by atoms with Gasteiger partial charge >= 0.3 is 0 Å². The maximum Gasteiger partial charge on any atom is 0.255 e. The zero-order valence-corrected chi connectivity index (χ0v) is 10.9. The van der Waals surface area contributed by atoms with Crippen LogP contribution in [-0.2, 0) is 0 Å². The summed E-state index contributed by atoms with van der Waals surface area (Å²) < 4.78 is 25.8. The van der Waals surface area contributed by atoms with Crippen LogP contribution < -0.4 is 10.6 Å². The van der Waals surface area contributed by atoms with E-state index in [1.54, 1.807) is 24.3 Å². The summed E-state index contributed by atoms with van der Waals surface area (Å²) in [6.45, 7) is 2.77. The van der Waals surface area contributed by atoms with E-state index in [-0.39, 0.29) is 11.6 Å². The Morgan fingerprint density at radius 3 is 2.25 bits per heavy atom. The number of carbonyl (C=O) groups is 1. The molecule has 5 heteroatoms. The summed E-state index contributed by atoms with van der Waals surface area (Å²) in [5.74, 6) is -2.32. The van der Waals surface area contributed by atoms with Gasteiger partial charge in [0, 0.05) is 29.5 Å². The minimum atomic E-state index is -0.995. The summed E-state index contributed by atoms with van der Waals surface area (Å²) >= 11 is 0. The van der Waals surface area contributed by atoms with E-state index < -0.39 is 11.6 Å². The average molecular weight is 276 g/mol. The molecule has 0 radical (unpaired) electrons. The third kappa shape index (κ3) is 3.32. The number of benzene rings is 2. The lowest BCUT2D eigenvalue weighted by Crippen LogP contribution is -2.12. The van der Waals surface area contributed by atoms with Crippen molar-refractivity contribution in [3.63, 3.8) is 0 Å². The highest BCUT2D eigenvalue weighted by Crippen LogP contribution is 2.15. The Morgan fingerprint density at radius 1 is 1.00 bits per heavy atom. The van der Waals surface area contributed by atoms with Gasteiger partial charge in [-0.05, 0) is 43.3 Å². The normalized spacial score (nSPS) is 10.2. The van der Waals surface area contributed by atoms with Crippen LogP contribution in [0, 0.1) is 11.6 Å². The summed E-state index contributed by atoms with van der Waals surface area (Å²) in [5.41, 5.74) is 1.57. The largest absolute Gasteiger partial charge is 0.385 e. The first-order valence-electron chi connectivity index (χ1n) is 6.20. The molecule has 0 saturated carbocycles. The second kappa shape index (κ2) is 6.14. The number of amides is 1. The van der Waals surface area contributed by atoms with Crippen LogP contribution in [0.3, 0.4) is 0 Å². The Morgan fingerprint density at radius 2 is 1.65 bits per heavy atom. The van der Waals surface area contributed by atoms with Crippen molar-refractivity contribution in [2.24, 2.45) is 0 Å². The molecule has 0 spiro atoms. The Hall–Kier alpha value is -2.43. The predicted molar refractivity (Wildman–Crippen MR) is 74.9 cm³/mol. The van der Waals surface area contributed by atoms with Gasteiger partial charge in [-0.25, -0.2) is 8.78 Å². The Labute approximate surface area is 115 Å². The molecule has 0 bridgehead atoms. The maximum atomic E-state index is 13.0. The predicted octanol–water partition coefficient (Wildman–Crippen LogP) is 3.65. The molecule has 3 nitrogen and oxygen atoms in total. The van der Waals surface area contributed by atoms with E-state index >= 15 is 0 Å². The van der Waals surface area contributed by atoms with E-state index in [9.17, 15) is 13.6 Å². The molecular formula is C15H14F2N2O. The lowest BCUT2D eigenvalue weighted by molar-refractivity contribution is 0.102. The van der Waals surface area contributed by atoms with E-state index in [0.29, 0.717) is 5.56 Å². The molecule has 2 rings (SSSR count). The first kappa shape index (κ1) is 14.0.